The fraction of sp³-hybridized carbons (Fsp3) is 0.476. The van der Waals surface area contributed by atoms with Gasteiger partial charge in [-0.1, -0.05) is 22.0 Å². The summed E-state index contributed by atoms with van der Waals surface area (Å²) in [6.07, 6.45) is 0. The van der Waals surface area contributed by atoms with Crippen molar-refractivity contribution in [2.75, 3.05) is 70.7 Å². The Morgan fingerprint density at radius 1 is 1.03 bits per heavy atom. The van der Waals surface area contributed by atoms with Gasteiger partial charge in [0.05, 0.1) is 26.4 Å². The second-order valence-electron chi connectivity index (χ2n) is 7.14. The van der Waals surface area contributed by atoms with Crippen LogP contribution in [0.5, 0.6) is 11.6 Å². The van der Waals surface area contributed by atoms with Crippen molar-refractivity contribution in [2.45, 2.75) is 0 Å². The Hall–Kier alpha value is -2.27. The molecule has 0 aliphatic carbocycles. The predicted octanol–water partition coefficient (Wildman–Crippen LogP) is 2.01. The maximum absolute atomic E-state index is 12.8. The lowest BCUT2D eigenvalue weighted by Crippen LogP contribution is -2.39. The van der Waals surface area contributed by atoms with Gasteiger partial charge < -0.3 is 23.8 Å². The first-order chi connectivity index (χ1) is 15.2. The monoisotopic (exact) mass is 492 g/mol. The van der Waals surface area contributed by atoms with Gasteiger partial charge in [0.25, 0.3) is 0 Å². The Bertz CT molecular complexity index is 888. The molecule has 0 unspecified atom stereocenters. The van der Waals surface area contributed by atoms with E-state index in [0.29, 0.717) is 50.5 Å². The molecule has 0 N–H and O–H groups in total. The van der Waals surface area contributed by atoms with Crippen LogP contribution in [0.1, 0.15) is 10.5 Å². The van der Waals surface area contributed by atoms with Gasteiger partial charge in [-0.15, -0.1) is 0 Å². The van der Waals surface area contributed by atoms with Crippen LogP contribution in [0.25, 0.3) is 0 Å². The molecule has 0 saturated carbocycles. The van der Waals surface area contributed by atoms with Gasteiger partial charge in [-0.25, -0.2) is 9.78 Å². The summed E-state index contributed by atoms with van der Waals surface area (Å²) in [5, 5.41) is 0. The quantitative estimate of drug-likeness (QED) is 0.425. The maximum Gasteiger partial charge on any atom is 0.362 e. The number of hydrogen-bond acceptors (Lipinski definition) is 9. The van der Waals surface area contributed by atoms with Crippen molar-refractivity contribution >= 4 is 27.8 Å². The van der Waals surface area contributed by atoms with Crippen molar-refractivity contribution in [3.63, 3.8) is 0 Å². The van der Waals surface area contributed by atoms with Gasteiger partial charge in [0, 0.05) is 43.3 Å². The van der Waals surface area contributed by atoms with Crippen LogP contribution in [-0.4, -0.2) is 86.6 Å². The van der Waals surface area contributed by atoms with E-state index in [2.05, 4.69) is 30.8 Å². The van der Waals surface area contributed by atoms with Gasteiger partial charge in [0.15, 0.2) is 5.69 Å². The molecule has 0 amide bonds. The van der Waals surface area contributed by atoms with E-state index in [1.807, 2.05) is 11.0 Å². The molecule has 1 aromatic carbocycles. The molecule has 3 heterocycles. The summed E-state index contributed by atoms with van der Waals surface area (Å²) in [6.45, 7) is 6.94. The Labute approximate surface area is 189 Å². The molecule has 1 aromatic heterocycles. The van der Waals surface area contributed by atoms with Crippen LogP contribution < -0.4 is 14.4 Å². The molecular weight excluding hydrogens is 468 g/mol. The van der Waals surface area contributed by atoms with E-state index < -0.39 is 5.97 Å². The Balaban J connectivity index is 1.48. The van der Waals surface area contributed by atoms with Crippen LogP contribution in [0.2, 0.25) is 0 Å². The first-order valence-electron chi connectivity index (χ1n) is 10.3. The van der Waals surface area contributed by atoms with Crippen LogP contribution in [0.15, 0.2) is 34.8 Å². The summed E-state index contributed by atoms with van der Waals surface area (Å²) in [6, 6.07) is 8.63. The molecule has 2 saturated heterocycles. The minimum absolute atomic E-state index is 0.151. The number of benzene rings is 1. The van der Waals surface area contributed by atoms with Crippen LogP contribution in [0.3, 0.4) is 0 Å². The molecule has 0 spiro atoms. The molecule has 31 heavy (non-hydrogen) atoms. The molecular formula is C21H25BrN4O5. The molecule has 166 valence electrons. The zero-order chi connectivity index (χ0) is 21.5. The van der Waals surface area contributed by atoms with Gasteiger partial charge >= 0.3 is 5.97 Å². The highest BCUT2D eigenvalue weighted by Crippen LogP contribution is 2.21. The van der Waals surface area contributed by atoms with Gasteiger partial charge in [-0.05, 0) is 18.2 Å². The number of aromatic nitrogens is 2. The van der Waals surface area contributed by atoms with Gasteiger partial charge in [0.2, 0.25) is 11.8 Å². The molecule has 0 bridgehead atoms. The van der Waals surface area contributed by atoms with E-state index >= 15 is 0 Å². The standard InChI is InChI=1S/C21H25BrN4O5/c22-16-2-1-3-17(14-16)31-20(27)18-15-19(30-13-6-25-4-9-28-10-5-25)24-21(23-18)26-7-11-29-12-8-26/h1-3,14-15H,4-13H2. The fourth-order valence-electron chi connectivity index (χ4n) is 3.29. The molecule has 0 radical (unpaired) electrons. The fourth-order valence-corrected chi connectivity index (χ4v) is 3.67. The second kappa shape index (κ2) is 10.9. The predicted molar refractivity (Wildman–Crippen MR) is 117 cm³/mol. The number of morpholine rings is 2. The summed E-state index contributed by atoms with van der Waals surface area (Å²) in [5.41, 5.74) is 0.151. The third kappa shape index (κ3) is 6.36. The van der Waals surface area contributed by atoms with E-state index in [1.165, 1.54) is 6.07 Å². The zero-order valence-electron chi connectivity index (χ0n) is 17.2. The Kier molecular flexibility index (Phi) is 7.68. The highest BCUT2D eigenvalue weighted by atomic mass is 79.9. The van der Waals surface area contributed by atoms with E-state index in [4.69, 9.17) is 18.9 Å². The highest BCUT2D eigenvalue weighted by Gasteiger charge is 2.20. The Morgan fingerprint density at radius 2 is 1.77 bits per heavy atom. The number of hydrogen-bond donors (Lipinski definition) is 0. The lowest BCUT2D eigenvalue weighted by molar-refractivity contribution is 0.0319. The zero-order valence-corrected chi connectivity index (χ0v) is 18.8. The molecule has 10 heteroatoms. The van der Waals surface area contributed by atoms with E-state index in [0.717, 1.165) is 37.3 Å². The Morgan fingerprint density at radius 3 is 2.52 bits per heavy atom. The van der Waals surface area contributed by atoms with Gasteiger partial charge in [-0.2, -0.15) is 4.98 Å². The van der Waals surface area contributed by atoms with Crippen molar-refractivity contribution in [3.8, 4) is 11.6 Å². The number of carbonyl (C=O) groups excluding carboxylic acids is 1. The van der Waals surface area contributed by atoms with Crippen molar-refractivity contribution < 1.29 is 23.7 Å². The average Bonchev–Trinajstić information content (AvgIpc) is 2.80. The summed E-state index contributed by atoms with van der Waals surface area (Å²) < 4.78 is 23.0. The number of esters is 1. The van der Waals surface area contributed by atoms with Crippen molar-refractivity contribution in [3.05, 3.63) is 40.5 Å². The van der Waals surface area contributed by atoms with E-state index in [-0.39, 0.29) is 5.69 Å². The second-order valence-corrected chi connectivity index (χ2v) is 8.06. The van der Waals surface area contributed by atoms with Crippen LogP contribution in [0, 0.1) is 0 Å². The molecule has 2 aliphatic heterocycles. The van der Waals surface area contributed by atoms with Gasteiger partial charge in [0.1, 0.15) is 12.4 Å². The third-order valence-electron chi connectivity index (χ3n) is 4.96. The minimum Gasteiger partial charge on any atom is -0.476 e. The molecule has 2 aliphatic rings. The summed E-state index contributed by atoms with van der Waals surface area (Å²) >= 11 is 3.38. The maximum atomic E-state index is 12.8. The first kappa shape index (κ1) is 21.9. The van der Waals surface area contributed by atoms with Crippen molar-refractivity contribution in [1.29, 1.82) is 0 Å². The molecule has 2 aromatic rings. The number of anilines is 1. The van der Waals surface area contributed by atoms with Crippen LogP contribution in [-0.2, 0) is 9.47 Å². The van der Waals surface area contributed by atoms with Gasteiger partial charge in [-0.3, -0.25) is 4.90 Å². The summed E-state index contributed by atoms with van der Waals surface area (Å²) in [4.78, 5) is 26.0. The normalized spacial score (nSPS) is 17.4. The average molecular weight is 493 g/mol. The number of carbonyl (C=O) groups is 1. The summed E-state index contributed by atoms with van der Waals surface area (Å²) in [5.74, 6) is 0.660. The smallest absolute Gasteiger partial charge is 0.362 e. The van der Waals surface area contributed by atoms with Crippen LogP contribution in [0.4, 0.5) is 5.95 Å². The van der Waals surface area contributed by atoms with E-state index in [9.17, 15) is 4.79 Å². The molecule has 2 fully saturated rings. The largest absolute Gasteiger partial charge is 0.476 e. The lowest BCUT2D eigenvalue weighted by Gasteiger charge is -2.27. The number of nitrogens with zero attached hydrogens (tertiary/aromatic N) is 4. The van der Waals surface area contributed by atoms with Crippen molar-refractivity contribution in [2.24, 2.45) is 0 Å². The topological polar surface area (TPSA) is 86.2 Å². The van der Waals surface area contributed by atoms with E-state index in [1.54, 1.807) is 18.2 Å². The minimum atomic E-state index is -0.562. The first-order valence-corrected chi connectivity index (χ1v) is 11.1. The number of halogens is 1. The van der Waals surface area contributed by atoms with Crippen LogP contribution >= 0.6 is 15.9 Å². The highest BCUT2D eigenvalue weighted by molar-refractivity contribution is 9.10. The number of ether oxygens (including phenoxy) is 4. The van der Waals surface area contributed by atoms with Crippen molar-refractivity contribution in [1.82, 2.24) is 14.9 Å². The lowest BCUT2D eigenvalue weighted by atomic mass is 10.3. The number of rotatable bonds is 7. The summed E-state index contributed by atoms with van der Waals surface area (Å²) in [7, 11) is 0. The molecule has 4 rings (SSSR count). The molecule has 9 nitrogen and oxygen atoms in total. The third-order valence-corrected chi connectivity index (χ3v) is 5.45. The SMILES string of the molecule is O=C(Oc1cccc(Br)c1)c1cc(OCCN2CCOCC2)nc(N2CCOCC2)n1. The molecule has 0 atom stereocenters.